The molecule has 0 spiro atoms. The lowest BCUT2D eigenvalue weighted by Gasteiger charge is -2.34. The molecule has 2 aromatic carbocycles. The number of carbonyl (C=O) groups excluding carboxylic acids is 2. The van der Waals surface area contributed by atoms with E-state index in [9.17, 15) is 14.0 Å². The van der Waals surface area contributed by atoms with Crippen LogP contribution in [0.15, 0.2) is 48.5 Å². The molecule has 124 valence electrons. The molecule has 1 saturated heterocycles. The van der Waals surface area contributed by atoms with E-state index < -0.39 is 11.8 Å². The standard InChI is InChI=1S/C18H17FN2O3/c1-24-16-5-3-2-4-15(16)21-11-10-20(17(22)18(21)23)12-13-6-8-14(19)9-7-13/h2-9H,10-12H2,1H3. The Morgan fingerprint density at radius 2 is 1.71 bits per heavy atom. The Balaban J connectivity index is 1.76. The van der Waals surface area contributed by atoms with Crippen LogP contribution in [-0.2, 0) is 16.1 Å². The van der Waals surface area contributed by atoms with Crippen LogP contribution in [0, 0.1) is 5.82 Å². The highest BCUT2D eigenvalue weighted by molar-refractivity contribution is 6.41. The molecule has 2 aromatic rings. The monoisotopic (exact) mass is 328 g/mol. The first kappa shape index (κ1) is 16.0. The second-order valence-corrected chi connectivity index (χ2v) is 5.48. The van der Waals surface area contributed by atoms with E-state index in [1.807, 2.05) is 0 Å². The van der Waals surface area contributed by atoms with Gasteiger partial charge in [0.1, 0.15) is 11.6 Å². The molecule has 0 N–H and O–H groups in total. The maximum absolute atomic E-state index is 13.0. The molecule has 0 aromatic heterocycles. The van der Waals surface area contributed by atoms with E-state index in [1.165, 1.54) is 29.0 Å². The van der Waals surface area contributed by atoms with Gasteiger partial charge in [-0.05, 0) is 29.8 Å². The molecule has 0 atom stereocenters. The molecule has 1 fully saturated rings. The summed E-state index contributed by atoms with van der Waals surface area (Å²) < 4.78 is 18.2. The van der Waals surface area contributed by atoms with Crippen molar-refractivity contribution in [3.05, 3.63) is 59.9 Å². The average Bonchev–Trinajstić information content (AvgIpc) is 2.61. The van der Waals surface area contributed by atoms with Crippen molar-refractivity contribution in [2.45, 2.75) is 6.54 Å². The normalized spacial score (nSPS) is 14.9. The predicted molar refractivity (Wildman–Crippen MR) is 87.2 cm³/mol. The Hall–Kier alpha value is -2.89. The highest BCUT2D eigenvalue weighted by Gasteiger charge is 2.34. The summed E-state index contributed by atoms with van der Waals surface area (Å²) in [5.74, 6) is -0.947. The molecule has 1 aliphatic heterocycles. The summed E-state index contributed by atoms with van der Waals surface area (Å²) in [6, 6.07) is 13.0. The van der Waals surface area contributed by atoms with Gasteiger partial charge in [0.15, 0.2) is 0 Å². The minimum Gasteiger partial charge on any atom is -0.495 e. The maximum Gasteiger partial charge on any atom is 0.316 e. The van der Waals surface area contributed by atoms with E-state index in [0.717, 1.165) is 5.56 Å². The molecule has 3 rings (SSSR count). The number of para-hydroxylation sites is 2. The quantitative estimate of drug-likeness (QED) is 0.809. The van der Waals surface area contributed by atoms with Crippen LogP contribution in [0.25, 0.3) is 0 Å². The number of amides is 2. The Morgan fingerprint density at radius 3 is 2.42 bits per heavy atom. The zero-order chi connectivity index (χ0) is 17.1. The maximum atomic E-state index is 13.0. The minimum atomic E-state index is -0.590. The zero-order valence-corrected chi connectivity index (χ0v) is 13.2. The Morgan fingerprint density at radius 1 is 1.00 bits per heavy atom. The third kappa shape index (κ3) is 3.08. The van der Waals surface area contributed by atoms with Gasteiger partial charge in [-0.3, -0.25) is 14.5 Å². The molecule has 0 unspecified atom stereocenters. The summed E-state index contributed by atoms with van der Waals surface area (Å²) in [5, 5.41) is 0. The van der Waals surface area contributed by atoms with Crippen molar-refractivity contribution in [2.75, 3.05) is 25.1 Å². The van der Waals surface area contributed by atoms with Crippen molar-refractivity contribution in [1.82, 2.24) is 4.90 Å². The van der Waals surface area contributed by atoms with Crippen molar-refractivity contribution < 1.29 is 18.7 Å². The topological polar surface area (TPSA) is 49.9 Å². The molecular weight excluding hydrogens is 311 g/mol. The van der Waals surface area contributed by atoms with Gasteiger partial charge in [-0.15, -0.1) is 0 Å². The second kappa shape index (κ2) is 6.70. The van der Waals surface area contributed by atoms with Crippen LogP contribution >= 0.6 is 0 Å². The largest absolute Gasteiger partial charge is 0.495 e. The molecule has 2 amide bonds. The van der Waals surface area contributed by atoms with E-state index in [4.69, 9.17) is 4.74 Å². The second-order valence-electron chi connectivity index (χ2n) is 5.48. The number of benzene rings is 2. The molecule has 0 radical (unpaired) electrons. The van der Waals surface area contributed by atoms with Gasteiger partial charge in [-0.25, -0.2) is 4.39 Å². The molecule has 0 bridgehead atoms. The lowest BCUT2D eigenvalue weighted by Crippen LogP contribution is -2.54. The van der Waals surface area contributed by atoms with Gasteiger partial charge in [0.25, 0.3) is 0 Å². The lowest BCUT2D eigenvalue weighted by atomic mass is 10.1. The number of hydrogen-bond donors (Lipinski definition) is 0. The number of anilines is 1. The van der Waals surface area contributed by atoms with Gasteiger partial charge in [-0.2, -0.15) is 0 Å². The Labute approximate surface area is 139 Å². The first-order chi connectivity index (χ1) is 11.6. The van der Waals surface area contributed by atoms with Gasteiger partial charge >= 0.3 is 11.8 Å². The average molecular weight is 328 g/mol. The highest BCUT2D eigenvalue weighted by atomic mass is 19.1. The van der Waals surface area contributed by atoms with E-state index in [2.05, 4.69) is 0 Å². The summed E-state index contributed by atoms with van der Waals surface area (Å²) in [6.45, 7) is 1.07. The fraction of sp³-hybridized carbons (Fsp3) is 0.222. The fourth-order valence-electron chi connectivity index (χ4n) is 2.72. The van der Waals surface area contributed by atoms with Crippen molar-refractivity contribution in [1.29, 1.82) is 0 Å². The number of methoxy groups -OCH3 is 1. The third-order valence-corrected chi connectivity index (χ3v) is 3.97. The van der Waals surface area contributed by atoms with Crippen LogP contribution in [-0.4, -0.2) is 36.9 Å². The lowest BCUT2D eigenvalue weighted by molar-refractivity contribution is -0.146. The predicted octanol–water partition coefficient (Wildman–Crippen LogP) is 2.21. The highest BCUT2D eigenvalue weighted by Crippen LogP contribution is 2.29. The molecule has 0 saturated carbocycles. The number of hydrogen-bond acceptors (Lipinski definition) is 3. The molecule has 24 heavy (non-hydrogen) atoms. The first-order valence-corrected chi connectivity index (χ1v) is 7.58. The molecule has 0 aliphatic carbocycles. The van der Waals surface area contributed by atoms with Crippen LogP contribution in [0.5, 0.6) is 5.75 Å². The van der Waals surface area contributed by atoms with Crippen LogP contribution in [0.4, 0.5) is 10.1 Å². The van der Waals surface area contributed by atoms with Crippen LogP contribution in [0.3, 0.4) is 0 Å². The molecular formula is C18H17FN2O3. The van der Waals surface area contributed by atoms with E-state index in [-0.39, 0.29) is 12.4 Å². The number of ether oxygens (including phenoxy) is 1. The minimum absolute atomic E-state index is 0.282. The summed E-state index contributed by atoms with van der Waals surface area (Å²) in [5.41, 5.74) is 1.36. The number of carbonyl (C=O) groups is 2. The number of nitrogens with zero attached hydrogens (tertiary/aromatic N) is 2. The van der Waals surface area contributed by atoms with Crippen molar-refractivity contribution >= 4 is 17.5 Å². The fourth-order valence-corrected chi connectivity index (χ4v) is 2.72. The van der Waals surface area contributed by atoms with Gasteiger partial charge in [0.2, 0.25) is 0 Å². The molecule has 1 heterocycles. The number of rotatable bonds is 4. The van der Waals surface area contributed by atoms with Crippen LogP contribution < -0.4 is 9.64 Å². The summed E-state index contributed by atoms with van der Waals surface area (Å²) >= 11 is 0. The van der Waals surface area contributed by atoms with Crippen molar-refractivity contribution in [2.24, 2.45) is 0 Å². The molecule has 6 heteroatoms. The summed E-state index contributed by atoms with van der Waals surface area (Å²) in [7, 11) is 1.52. The van der Waals surface area contributed by atoms with Crippen molar-refractivity contribution in [3.63, 3.8) is 0 Å². The SMILES string of the molecule is COc1ccccc1N1CCN(Cc2ccc(F)cc2)C(=O)C1=O. The molecule has 5 nitrogen and oxygen atoms in total. The van der Waals surface area contributed by atoms with Crippen LogP contribution in [0.2, 0.25) is 0 Å². The van der Waals surface area contributed by atoms with E-state index in [1.54, 1.807) is 36.4 Å². The summed E-state index contributed by atoms with van der Waals surface area (Å²) in [4.78, 5) is 27.8. The van der Waals surface area contributed by atoms with E-state index in [0.29, 0.717) is 24.5 Å². The summed E-state index contributed by atoms with van der Waals surface area (Å²) in [6.07, 6.45) is 0. The zero-order valence-electron chi connectivity index (χ0n) is 13.2. The Bertz CT molecular complexity index is 761. The van der Waals surface area contributed by atoms with Crippen LogP contribution in [0.1, 0.15) is 5.56 Å². The number of piperazine rings is 1. The van der Waals surface area contributed by atoms with Gasteiger partial charge in [0, 0.05) is 19.6 Å². The number of halogens is 1. The Kier molecular flexibility index (Phi) is 4.46. The van der Waals surface area contributed by atoms with Gasteiger partial charge in [-0.1, -0.05) is 24.3 Å². The van der Waals surface area contributed by atoms with Gasteiger partial charge < -0.3 is 9.64 Å². The third-order valence-electron chi connectivity index (χ3n) is 3.97. The van der Waals surface area contributed by atoms with Gasteiger partial charge in [0.05, 0.1) is 12.8 Å². The molecule has 1 aliphatic rings. The van der Waals surface area contributed by atoms with E-state index >= 15 is 0 Å². The first-order valence-electron chi connectivity index (χ1n) is 7.58. The van der Waals surface area contributed by atoms with Crippen molar-refractivity contribution in [3.8, 4) is 5.75 Å². The smallest absolute Gasteiger partial charge is 0.316 e.